The highest BCUT2D eigenvalue weighted by Crippen LogP contribution is 2.38. The van der Waals surface area contributed by atoms with Gasteiger partial charge in [-0.1, -0.05) is 53.5 Å². The molecule has 0 aliphatic carbocycles. The third kappa shape index (κ3) is 4.94. The molecular weight excluding hydrogens is 491 g/mol. The summed E-state index contributed by atoms with van der Waals surface area (Å²) in [5, 5.41) is 6.12. The maximum Gasteiger partial charge on any atom is 0.261 e. The Labute approximate surface area is 211 Å². The lowest BCUT2D eigenvalue weighted by atomic mass is 9.99. The number of hydrogen-bond acceptors (Lipinski definition) is 4. The first-order valence-corrected chi connectivity index (χ1v) is 11.9. The number of hydrogen-bond donors (Lipinski definition) is 1. The maximum atomic E-state index is 13.6. The number of nitrogens with one attached hydrogen (secondary N) is 1. The number of carbonyl (C=O) groups excluding carboxylic acids is 2. The second-order valence-electron chi connectivity index (χ2n) is 7.42. The SMILES string of the molecule is COc1cccc(N(C)C(=O)c2c(-c3ccc(-c4cc(Cl)cc(Cl)c4)cc3)csc2NC=O)c1. The number of rotatable bonds is 7. The number of thiophene rings is 1. The lowest BCUT2D eigenvalue weighted by Crippen LogP contribution is -2.27. The minimum absolute atomic E-state index is 0.250. The molecule has 0 unspecified atom stereocenters. The van der Waals surface area contributed by atoms with Crippen molar-refractivity contribution in [3.05, 3.63) is 87.7 Å². The van der Waals surface area contributed by atoms with Crippen LogP contribution in [0.1, 0.15) is 10.4 Å². The van der Waals surface area contributed by atoms with Gasteiger partial charge in [0.05, 0.1) is 12.7 Å². The second-order valence-corrected chi connectivity index (χ2v) is 9.17. The van der Waals surface area contributed by atoms with Crippen LogP contribution < -0.4 is 15.0 Å². The number of nitrogens with zero attached hydrogens (tertiary/aromatic N) is 1. The summed E-state index contributed by atoms with van der Waals surface area (Å²) >= 11 is 13.6. The van der Waals surface area contributed by atoms with Crippen molar-refractivity contribution in [1.29, 1.82) is 0 Å². The van der Waals surface area contributed by atoms with Crippen molar-refractivity contribution >= 4 is 57.5 Å². The molecule has 4 rings (SSSR count). The van der Waals surface area contributed by atoms with Crippen molar-refractivity contribution in [2.75, 3.05) is 24.4 Å². The molecule has 0 fully saturated rings. The number of amides is 2. The summed E-state index contributed by atoms with van der Waals surface area (Å²) < 4.78 is 5.28. The Kier molecular flexibility index (Phi) is 7.22. The predicted octanol–water partition coefficient (Wildman–Crippen LogP) is 7.24. The van der Waals surface area contributed by atoms with Crippen molar-refractivity contribution < 1.29 is 14.3 Å². The third-order valence-electron chi connectivity index (χ3n) is 5.33. The summed E-state index contributed by atoms with van der Waals surface area (Å²) in [4.78, 5) is 26.3. The molecule has 8 heteroatoms. The molecule has 5 nitrogen and oxygen atoms in total. The van der Waals surface area contributed by atoms with E-state index in [1.54, 1.807) is 26.3 Å². The molecule has 2 amide bonds. The molecule has 0 saturated carbocycles. The van der Waals surface area contributed by atoms with E-state index in [2.05, 4.69) is 5.32 Å². The van der Waals surface area contributed by atoms with Crippen molar-refractivity contribution in [2.24, 2.45) is 0 Å². The topological polar surface area (TPSA) is 58.6 Å². The average molecular weight is 511 g/mol. The molecule has 1 aromatic heterocycles. The van der Waals surface area contributed by atoms with Crippen LogP contribution in [0.5, 0.6) is 5.75 Å². The number of benzene rings is 3. The van der Waals surface area contributed by atoms with Gasteiger partial charge >= 0.3 is 0 Å². The van der Waals surface area contributed by atoms with Crippen molar-refractivity contribution in [3.8, 4) is 28.0 Å². The lowest BCUT2D eigenvalue weighted by Gasteiger charge is -2.19. The first kappa shape index (κ1) is 23.8. The van der Waals surface area contributed by atoms with Crippen LogP contribution in [0.3, 0.4) is 0 Å². The molecule has 172 valence electrons. The fraction of sp³-hybridized carbons (Fsp3) is 0.0769. The van der Waals surface area contributed by atoms with E-state index in [-0.39, 0.29) is 5.91 Å². The molecule has 34 heavy (non-hydrogen) atoms. The number of ether oxygens (including phenoxy) is 1. The fourth-order valence-electron chi connectivity index (χ4n) is 3.61. The molecule has 1 heterocycles. The Morgan fingerprint density at radius 2 is 1.65 bits per heavy atom. The molecule has 0 spiro atoms. The van der Waals surface area contributed by atoms with Crippen LogP contribution in [0.15, 0.2) is 72.1 Å². The highest BCUT2D eigenvalue weighted by atomic mass is 35.5. The molecule has 4 aromatic rings. The van der Waals surface area contributed by atoms with E-state index in [4.69, 9.17) is 27.9 Å². The zero-order valence-electron chi connectivity index (χ0n) is 18.3. The molecule has 0 aliphatic rings. The first-order chi connectivity index (χ1) is 16.4. The Morgan fingerprint density at radius 3 is 2.29 bits per heavy atom. The number of anilines is 2. The van der Waals surface area contributed by atoms with Crippen LogP contribution >= 0.6 is 34.5 Å². The molecule has 0 radical (unpaired) electrons. The van der Waals surface area contributed by atoms with Gasteiger partial charge in [0.2, 0.25) is 6.41 Å². The summed E-state index contributed by atoms with van der Waals surface area (Å²) in [5.74, 6) is 0.394. The van der Waals surface area contributed by atoms with Gasteiger partial charge in [0.1, 0.15) is 10.8 Å². The minimum atomic E-state index is -0.250. The summed E-state index contributed by atoms with van der Waals surface area (Å²) in [6, 6.07) is 20.4. The van der Waals surface area contributed by atoms with Gasteiger partial charge in [-0.3, -0.25) is 9.59 Å². The van der Waals surface area contributed by atoms with Crippen LogP contribution in [0, 0.1) is 0 Å². The van der Waals surface area contributed by atoms with Crippen LogP contribution in [0.2, 0.25) is 10.0 Å². The normalized spacial score (nSPS) is 10.6. The molecule has 0 atom stereocenters. The molecule has 1 N–H and O–H groups in total. The summed E-state index contributed by atoms with van der Waals surface area (Å²) in [6.07, 6.45) is 0.573. The maximum absolute atomic E-state index is 13.6. The highest BCUT2D eigenvalue weighted by molar-refractivity contribution is 7.15. The van der Waals surface area contributed by atoms with Crippen LogP contribution in [0.25, 0.3) is 22.3 Å². The smallest absolute Gasteiger partial charge is 0.261 e. The molecule has 0 saturated heterocycles. The van der Waals surface area contributed by atoms with Gasteiger partial charge in [-0.05, 0) is 47.0 Å². The number of methoxy groups -OCH3 is 1. The van der Waals surface area contributed by atoms with E-state index in [1.165, 1.54) is 16.2 Å². The largest absolute Gasteiger partial charge is 0.497 e. The van der Waals surface area contributed by atoms with Gasteiger partial charge in [-0.2, -0.15) is 0 Å². The van der Waals surface area contributed by atoms with Crippen molar-refractivity contribution in [2.45, 2.75) is 0 Å². The Hall–Kier alpha value is -3.32. The standard InChI is InChI=1S/C26H20Cl2N2O3S/c1-30(21-4-3-5-22(13-21)33-2)26(32)24-23(14-34-25(24)29-15-31)17-8-6-16(7-9-17)18-10-19(27)12-20(28)11-18/h3-15H,1-2H3,(H,29,31). The third-order valence-corrected chi connectivity index (χ3v) is 6.68. The lowest BCUT2D eigenvalue weighted by molar-refractivity contribution is -0.105. The summed E-state index contributed by atoms with van der Waals surface area (Å²) in [5.41, 5.74) is 4.50. The predicted molar refractivity (Wildman–Crippen MR) is 141 cm³/mol. The van der Waals surface area contributed by atoms with E-state index in [9.17, 15) is 9.59 Å². The first-order valence-electron chi connectivity index (χ1n) is 10.2. The Morgan fingerprint density at radius 1 is 0.971 bits per heavy atom. The number of halogens is 2. The van der Waals surface area contributed by atoms with Gasteiger partial charge in [-0.25, -0.2) is 0 Å². The fourth-order valence-corrected chi connectivity index (χ4v) is 5.06. The monoisotopic (exact) mass is 510 g/mol. The Balaban J connectivity index is 1.72. The Bertz CT molecular complexity index is 1330. The van der Waals surface area contributed by atoms with E-state index in [1.807, 2.05) is 60.0 Å². The molecular formula is C26H20Cl2N2O3S. The van der Waals surface area contributed by atoms with Gasteiger partial charge in [0, 0.05) is 39.8 Å². The average Bonchev–Trinajstić information content (AvgIpc) is 3.26. The van der Waals surface area contributed by atoms with Gasteiger partial charge in [0.25, 0.3) is 5.91 Å². The van der Waals surface area contributed by atoms with Gasteiger partial charge in [-0.15, -0.1) is 11.3 Å². The van der Waals surface area contributed by atoms with E-state index in [0.717, 1.165) is 22.3 Å². The van der Waals surface area contributed by atoms with E-state index < -0.39 is 0 Å². The summed E-state index contributed by atoms with van der Waals surface area (Å²) in [7, 11) is 3.26. The van der Waals surface area contributed by atoms with E-state index >= 15 is 0 Å². The van der Waals surface area contributed by atoms with Crippen molar-refractivity contribution in [1.82, 2.24) is 0 Å². The van der Waals surface area contributed by atoms with Crippen LogP contribution in [0.4, 0.5) is 10.7 Å². The highest BCUT2D eigenvalue weighted by Gasteiger charge is 2.24. The number of carbonyl (C=O) groups is 2. The molecule has 0 bridgehead atoms. The zero-order chi connectivity index (χ0) is 24.2. The molecule has 3 aromatic carbocycles. The minimum Gasteiger partial charge on any atom is -0.497 e. The van der Waals surface area contributed by atoms with Crippen LogP contribution in [-0.2, 0) is 4.79 Å². The van der Waals surface area contributed by atoms with Crippen LogP contribution in [-0.4, -0.2) is 26.5 Å². The van der Waals surface area contributed by atoms with E-state index in [0.29, 0.717) is 38.5 Å². The summed E-state index contributed by atoms with van der Waals surface area (Å²) in [6.45, 7) is 0. The van der Waals surface area contributed by atoms with Gasteiger partial charge in [0.15, 0.2) is 0 Å². The van der Waals surface area contributed by atoms with Gasteiger partial charge < -0.3 is 15.0 Å². The quantitative estimate of drug-likeness (QED) is 0.266. The van der Waals surface area contributed by atoms with Crippen molar-refractivity contribution in [3.63, 3.8) is 0 Å². The zero-order valence-corrected chi connectivity index (χ0v) is 20.7. The second kappa shape index (κ2) is 10.3. The molecule has 0 aliphatic heterocycles.